The number of ether oxygens (including phenoxy) is 1. The lowest BCUT2D eigenvalue weighted by molar-refractivity contribution is -0.137. The highest BCUT2D eigenvalue weighted by Gasteiger charge is 2.38. The molecular weight excluding hydrogens is 521 g/mol. The van der Waals surface area contributed by atoms with Crippen molar-refractivity contribution >= 4 is 44.9 Å². The molecule has 0 radical (unpaired) electrons. The van der Waals surface area contributed by atoms with Crippen LogP contribution in [-0.2, 0) is 14.8 Å². The van der Waals surface area contributed by atoms with Gasteiger partial charge in [0.2, 0.25) is 0 Å². The Kier molecular flexibility index (Phi) is 7.61. The topological polar surface area (TPSA) is 75.7 Å². The van der Waals surface area contributed by atoms with E-state index in [1.165, 1.54) is 24.3 Å². The van der Waals surface area contributed by atoms with Gasteiger partial charge in [-0.1, -0.05) is 23.2 Å². The third-order valence-corrected chi connectivity index (χ3v) is 7.94. The summed E-state index contributed by atoms with van der Waals surface area (Å²) < 4.78 is 62.1. The number of rotatable bonds is 6. The Hall–Kier alpha value is -2.72. The molecule has 0 aromatic heterocycles. The van der Waals surface area contributed by atoms with Crippen LogP contribution in [0.1, 0.15) is 12.8 Å². The Morgan fingerprint density at radius 3 is 2.17 bits per heavy atom. The molecule has 1 saturated heterocycles. The lowest BCUT2D eigenvalue weighted by atomic mass is 10.0. The maximum atomic E-state index is 14.8. The second-order valence-corrected chi connectivity index (χ2v) is 10.6. The van der Waals surface area contributed by atoms with Gasteiger partial charge in [0.05, 0.1) is 16.6 Å². The van der Waals surface area contributed by atoms with Crippen molar-refractivity contribution in [2.45, 2.75) is 29.8 Å². The van der Waals surface area contributed by atoms with Crippen LogP contribution in [-0.4, -0.2) is 33.0 Å². The molecule has 184 valence electrons. The zero-order chi connectivity index (χ0) is 25.2. The molecule has 35 heavy (non-hydrogen) atoms. The van der Waals surface area contributed by atoms with Gasteiger partial charge in [-0.25, -0.2) is 22.0 Å². The van der Waals surface area contributed by atoms with Gasteiger partial charge in [0.1, 0.15) is 23.4 Å². The molecule has 1 heterocycles. The van der Waals surface area contributed by atoms with Gasteiger partial charge < -0.3 is 10.1 Å². The summed E-state index contributed by atoms with van der Waals surface area (Å²) in [6.07, 6.45) is 0.400. The second-order valence-electron chi connectivity index (χ2n) is 7.92. The zero-order valence-electron chi connectivity index (χ0n) is 18.1. The number of carbonyl (C=O) groups is 1. The predicted octanol–water partition coefficient (Wildman–Crippen LogP) is 5.19. The van der Waals surface area contributed by atoms with E-state index in [0.29, 0.717) is 15.8 Å². The molecule has 1 fully saturated rings. The van der Waals surface area contributed by atoms with E-state index in [1.54, 1.807) is 24.3 Å². The molecule has 3 aromatic carbocycles. The van der Waals surface area contributed by atoms with E-state index in [2.05, 4.69) is 5.32 Å². The van der Waals surface area contributed by atoms with Crippen molar-refractivity contribution in [3.05, 3.63) is 88.4 Å². The van der Waals surface area contributed by atoms with E-state index in [0.717, 1.165) is 22.5 Å². The summed E-state index contributed by atoms with van der Waals surface area (Å²) in [7, 11) is -4.30. The van der Waals surface area contributed by atoms with Crippen LogP contribution >= 0.6 is 23.2 Å². The first kappa shape index (κ1) is 25.4. The molecule has 0 saturated carbocycles. The normalized spacial score (nSPS) is 18.2. The van der Waals surface area contributed by atoms with Crippen LogP contribution in [0.25, 0.3) is 0 Å². The van der Waals surface area contributed by atoms with Gasteiger partial charge in [-0.2, -0.15) is 0 Å². The highest BCUT2D eigenvalue weighted by atomic mass is 35.5. The standard InChI is InChI=1S/C24H20Cl2F2N2O4S/c25-15-1-7-19(8-2-15)34-24(31)22-12-6-18(14-29-22)30(23-13-17(27)5-11-21(23)28)35(32,33)20-9-3-16(26)4-10-20/h1-5,7-11,13,18,22,29H,6,12,14H2. The minimum atomic E-state index is -4.30. The quantitative estimate of drug-likeness (QED) is 0.344. The van der Waals surface area contributed by atoms with Crippen molar-refractivity contribution in [1.29, 1.82) is 0 Å². The number of hydrogen-bond donors (Lipinski definition) is 1. The summed E-state index contributed by atoms with van der Waals surface area (Å²) in [5.41, 5.74) is -0.422. The number of benzene rings is 3. The fraction of sp³-hybridized carbons (Fsp3) is 0.208. The number of carbonyl (C=O) groups excluding carboxylic acids is 1. The number of nitrogens with zero attached hydrogens (tertiary/aromatic N) is 1. The number of anilines is 1. The van der Waals surface area contributed by atoms with Gasteiger partial charge in [0, 0.05) is 22.7 Å². The maximum absolute atomic E-state index is 14.8. The molecule has 0 spiro atoms. The van der Waals surface area contributed by atoms with Crippen LogP contribution in [0.2, 0.25) is 10.0 Å². The molecule has 2 atom stereocenters. The molecule has 6 nitrogen and oxygen atoms in total. The number of nitrogens with one attached hydrogen (secondary N) is 1. The van der Waals surface area contributed by atoms with Crippen molar-refractivity contribution in [2.24, 2.45) is 0 Å². The first-order valence-electron chi connectivity index (χ1n) is 10.6. The van der Waals surface area contributed by atoms with Crippen molar-refractivity contribution < 1.29 is 26.7 Å². The number of piperidine rings is 1. The maximum Gasteiger partial charge on any atom is 0.328 e. The smallest absolute Gasteiger partial charge is 0.328 e. The van der Waals surface area contributed by atoms with Gasteiger partial charge in [0.25, 0.3) is 10.0 Å². The highest BCUT2D eigenvalue weighted by molar-refractivity contribution is 7.92. The van der Waals surface area contributed by atoms with Gasteiger partial charge in [0.15, 0.2) is 0 Å². The molecule has 11 heteroatoms. The molecule has 0 bridgehead atoms. The summed E-state index contributed by atoms with van der Waals surface area (Å²) in [4.78, 5) is 12.4. The summed E-state index contributed by atoms with van der Waals surface area (Å²) in [5, 5.41) is 3.80. The molecule has 1 N–H and O–H groups in total. The van der Waals surface area contributed by atoms with Crippen LogP contribution < -0.4 is 14.4 Å². The lowest BCUT2D eigenvalue weighted by Gasteiger charge is -2.37. The van der Waals surface area contributed by atoms with Crippen LogP contribution in [0, 0.1) is 11.6 Å². The summed E-state index contributed by atoms with van der Waals surface area (Å²) in [6, 6.07) is 12.8. The Bertz CT molecular complexity index is 1310. The van der Waals surface area contributed by atoms with Crippen LogP contribution in [0.4, 0.5) is 14.5 Å². The average Bonchev–Trinajstić information content (AvgIpc) is 2.83. The predicted molar refractivity (Wildman–Crippen MR) is 129 cm³/mol. The molecule has 3 aromatic rings. The van der Waals surface area contributed by atoms with Crippen LogP contribution in [0.5, 0.6) is 5.75 Å². The molecular formula is C24H20Cl2F2N2O4S. The first-order valence-corrected chi connectivity index (χ1v) is 12.8. The molecule has 2 unspecified atom stereocenters. The minimum absolute atomic E-state index is 0.00313. The van der Waals surface area contributed by atoms with Crippen molar-refractivity contribution in [1.82, 2.24) is 5.32 Å². The Morgan fingerprint density at radius 2 is 1.57 bits per heavy atom. The third kappa shape index (κ3) is 5.75. The number of esters is 1. The summed E-state index contributed by atoms with van der Waals surface area (Å²) in [5.74, 6) is -1.91. The van der Waals surface area contributed by atoms with E-state index >= 15 is 0 Å². The van der Waals surface area contributed by atoms with Gasteiger partial charge in [-0.3, -0.25) is 4.31 Å². The van der Waals surface area contributed by atoms with E-state index in [1.807, 2.05) is 0 Å². The second kappa shape index (κ2) is 10.5. The van der Waals surface area contributed by atoms with E-state index in [4.69, 9.17) is 27.9 Å². The van der Waals surface area contributed by atoms with E-state index in [9.17, 15) is 22.0 Å². The van der Waals surface area contributed by atoms with Gasteiger partial charge in [-0.05, 0) is 73.5 Å². The SMILES string of the molecule is O=C(Oc1ccc(Cl)cc1)C1CCC(N(c2cc(F)ccc2F)S(=O)(=O)c2ccc(Cl)cc2)CN1. The Morgan fingerprint density at radius 1 is 0.943 bits per heavy atom. The molecule has 4 rings (SSSR count). The van der Waals surface area contributed by atoms with Crippen LogP contribution in [0.15, 0.2) is 71.6 Å². The minimum Gasteiger partial charge on any atom is -0.425 e. The first-order chi connectivity index (χ1) is 16.6. The van der Waals surface area contributed by atoms with Crippen molar-refractivity contribution in [3.8, 4) is 5.75 Å². The lowest BCUT2D eigenvalue weighted by Crippen LogP contribution is -2.54. The fourth-order valence-corrected chi connectivity index (χ4v) is 5.76. The fourth-order valence-electron chi connectivity index (χ4n) is 3.83. The third-order valence-electron chi connectivity index (χ3n) is 5.55. The Balaban J connectivity index is 1.58. The summed E-state index contributed by atoms with van der Waals surface area (Å²) in [6.45, 7) is 0.00313. The molecule has 0 amide bonds. The Labute approximate surface area is 211 Å². The molecule has 1 aliphatic rings. The number of sulfonamides is 1. The van der Waals surface area contributed by atoms with Crippen molar-refractivity contribution in [3.63, 3.8) is 0 Å². The van der Waals surface area contributed by atoms with Crippen LogP contribution in [0.3, 0.4) is 0 Å². The summed E-state index contributed by atoms with van der Waals surface area (Å²) >= 11 is 11.7. The number of hydrogen-bond acceptors (Lipinski definition) is 5. The van der Waals surface area contributed by atoms with E-state index in [-0.39, 0.29) is 24.3 Å². The average molecular weight is 541 g/mol. The monoisotopic (exact) mass is 540 g/mol. The van der Waals surface area contributed by atoms with Crippen molar-refractivity contribution in [2.75, 3.05) is 10.8 Å². The molecule has 0 aliphatic carbocycles. The largest absolute Gasteiger partial charge is 0.425 e. The van der Waals surface area contributed by atoms with E-state index < -0.39 is 45.4 Å². The van der Waals surface area contributed by atoms with Gasteiger partial charge in [-0.15, -0.1) is 0 Å². The van der Waals surface area contributed by atoms with Gasteiger partial charge >= 0.3 is 5.97 Å². The molecule has 1 aliphatic heterocycles. The number of halogens is 4. The zero-order valence-corrected chi connectivity index (χ0v) is 20.5. The highest BCUT2D eigenvalue weighted by Crippen LogP contribution is 2.32.